The van der Waals surface area contributed by atoms with Gasteiger partial charge in [-0.25, -0.2) is 4.79 Å². The Morgan fingerprint density at radius 1 is 0.931 bits per heavy atom. The highest BCUT2D eigenvalue weighted by molar-refractivity contribution is 8.00. The fourth-order valence-electron chi connectivity index (χ4n) is 3.85. The van der Waals surface area contributed by atoms with Gasteiger partial charge in [0.25, 0.3) is 0 Å². The first-order chi connectivity index (χ1) is 14.1. The first-order valence-corrected chi connectivity index (χ1v) is 12.4. The number of carbonyl (C=O) groups excluding carboxylic acids is 3. The maximum atomic E-state index is 11.9. The van der Waals surface area contributed by atoms with Crippen molar-refractivity contribution in [1.82, 2.24) is 21.3 Å². The molecule has 2 fully saturated rings. The fourth-order valence-corrected chi connectivity index (χ4v) is 5.39. The van der Waals surface area contributed by atoms with E-state index in [1.165, 1.54) is 0 Å². The van der Waals surface area contributed by atoms with Gasteiger partial charge >= 0.3 is 6.03 Å². The van der Waals surface area contributed by atoms with Crippen LogP contribution >= 0.6 is 11.8 Å². The standard InChI is InChI=1S/C21H38N4O3S/c1-2-3-11-18(26)22-13-8-4-5-9-14-23-19(27)12-7-6-10-17-20-16(15-29-17)24-21(28)25-20/h16-17,20H,2-15H2,1H3,(H,22,26)(H,23,27)(H2,24,25,28). The third-order valence-corrected chi connectivity index (χ3v) is 7.09. The van der Waals surface area contributed by atoms with Crippen LogP contribution in [-0.4, -0.2) is 54.0 Å². The first-order valence-electron chi connectivity index (χ1n) is 11.3. The lowest BCUT2D eigenvalue weighted by atomic mass is 10.0. The van der Waals surface area contributed by atoms with Crippen LogP contribution < -0.4 is 21.3 Å². The van der Waals surface area contributed by atoms with Crippen LogP contribution in [0.3, 0.4) is 0 Å². The molecule has 2 aliphatic rings. The second kappa shape index (κ2) is 13.7. The van der Waals surface area contributed by atoms with Crippen molar-refractivity contribution < 1.29 is 14.4 Å². The molecule has 0 aliphatic carbocycles. The third kappa shape index (κ3) is 9.28. The van der Waals surface area contributed by atoms with E-state index in [-0.39, 0.29) is 29.9 Å². The van der Waals surface area contributed by atoms with E-state index in [1.54, 1.807) is 0 Å². The summed E-state index contributed by atoms with van der Waals surface area (Å²) >= 11 is 1.92. The van der Waals surface area contributed by atoms with Gasteiger partial charge in [-0.2, -0.15) is 11.8 Å². The summed E-state index contributed by atoms with van der Waals surface area (Å²) in [6, 6.07) is 0.491. The molecular weight excluding hydrogens is 388 g/mol. The van der Waals surface area contributed by atoms with Gasteiger partial charge in [-0.3, -0.25) is 9.59 Å². The Morgan fingerprint density at radius 2 is 1.59 bits per heavy atom. The second-order valence-corrected chi connectivity index (χ2v) is 9.36. The highest BCUT2D eigenvalue weighted by Crippen LogP contribution is 2.33. The van der Waals surface area contributed by atoms with Crippen molar-refractivity contribution in [2.45, 2.75) is 94.9 Å². The number of nitrogens with one attached hydrogen (secondary N) is 4. The highest BCUT2D eigenvalue weighted by Gasteiger charge is 2.42. The number of hydrogen-bond donors (Lipinski definition) is 4. The lowest BCUT2D eigenvalue weighted by Gasteiger charge is -2.16. The molecule has 3 atom stereocenters. The largest absolute Gasteiger partial charge is 0.356 e. The first kappa shape index (κ1) is 23.8. The summed E-state index contributed by atoms with van der Waals surface area (Å²) in [7, 11) is 0. The molecule has 2 heterocycles. The van der Waals surface area contributed by atoms with Crippen LogP contribution in [0.2, 0.25) is 0 Å². The zero-order chi connectivity index (χ0) is 20.9. The smallest absolute Gasteiger partial charge is 0.315 e. The number of carbonyl (C=O) groups is 3. The predicted octanol–water partition coefficient (Wildman–Crippen LogP) is 2.70. The van der Waals surface area contributed by atoms with Crippen LogP contribution in [0.15, 0.2) is 0 Å². The lowest BCUT2D eigenvalue weighted by molar-refractivity contribution is -0.122. The summed E-state index contributed by atoms with van der Waals surface area (Å²) in [5.74, 6) is 1.29. The van der Waals surface area contributed by atoms with Crippen LogP contribution in [-0.2, 0) is 9.59 Å². The molecule has 0 spiro atoms. The van der Waals surface area contributed by atoms with E-state index < -0.39 is 0 Å². The van der Waals surface area contributed by atoms with Crippen LogP contribution in [0, 0.1) is 0 Å². The van der Waals surface area contributed by atoms with Gasteiger partial charge in [0.15, 0.2) is 0 Å². The Labute approximate surface area is 179 Å². The summed E-state index contributed by atoms with van der Waals surface area (Å²) in [6.07, 6.45) is 10.4. The van der Waals surface area contributed by atoms with Gasteiger partial charge in [-0.15, -0.1) is 0 Å². The van der Waals surface area contributed by atoms with Crippen molar-refractivity contribution in [1.29, 1.82) is 0 Å². The number of fused-ring (bicyclic) bond motifs is 1. The minimum absolute atomic E-state index is 0.0404. The van der Waals surface area contributed by atoms with E-state index in [1.807, 2.05) is 11.8 Å². The minimum Gasteiger partial charge on any atom is -0.356 e. The van der Waals surface area contributed by atoms with Crippen molar-refractivity contribution in [2.75, 3.05) is 18.8 Å². The highest BCUT2D eigenvalue weighted by atomic mass is 32.2. The molecule has 4 amide bonds. The molecule has 7 nitrogen and oxygen atoms in total. The number of thioether (sulfide) groups is 1. The Balaban J connectivity index is 1.36. The number of rotatable bonds is 15. The van der Waals surface area contributed by atoms with E-state index >= 15 is 0 Å². The maximum absolute atomic E-state index is 11.9. The van der Waals surface area contributed by atoms with Gasteiger partial charge in [0.1, 0.15) is 0 Å². The quantitative estimate of drug-likeness (QED) is 0.239. The summed E-state index contributed by atoms with van der Waals surface area (Å²) in [6.45, 7) is 3.59. The Morgan fingerprint density at radius 3 is 2.24 bits per heavy atom. The molecule has 4 N–H and O–H groups in total. The van der Waals surface area contributed by atoms with Gasteiger partial charge in [0, 0.05) is 36.9 Å². The second-order valence-electron chi connectivity index (χ2n) is 8.09. The molecule has 0 aromatic heterocycles. The number of hydrogen-bond acceptors (Lipinski definition) is 4. The molecule has 2 saturated heterocycles. The number of urea groups is 1. The van der Waals surface area contributed by atoms with Crippen LogP contribution in [0.4, 0.5) is 4.79 Å². The van der Waals surface area contributed by atoms with Crippen LogP contribution in [0.1, 0.15) is 77.6 Å². The topological polar surface area (TPSA) is 99.3 Å². The number of unbranched alkanes of at least 4 members (excludes halogenated alkanes) is 5. The van der Waals surface area contributed by atoms with E-state index in [4.69, 9.17) is 0 Å². The monoisotopic (exact) mass is 426 g/mol. The normalized spacial score (nSPS) is 22.7. The van der Waals surface area contributed by atoms with Crippen LogP contribution in [0.5, 0.6) is 0 Å². The van der Waals surface area contributed by atoms with E-state index in [2.05, 4.69) is 28.2 Å². The zero-order valence-corrected chi connectivity index (χ0v) is 18.6. The molecule has 2 aliphatic heterocycles. The van der Waals surface area contributed by atoms with Gasteiger partial charge in [-0.1, -0.05) is 32.6 Å². The average Bonchev–Trinajstić information content (AvgIpc) is 3.25. The molecule has 0 saturated carbocycles. The summed E-state index contributed by atoms with van der Waals surface area (Å²) in [4.78, 5) is 34.8. The molecule has 166 valence electrons. The van der Waals surface area contributed by atoms with Crippen LogP contribution in [0.25, 0.3) is 0 Å². The Bertz CT molecular complexity index is 532. The zero-order valence-electron chi connectivity index (χ0n) is 17.8. The van der Waals surface area contributed by atoms with E-state index in [0.717, 1.165) is 76.6 Å². The fraction of sp³-hybridized carbons (Fsp3) is 0.857. The lowest BCUT2D eigenvalue weighted by Crippen LogP contribution is -2.36. The third-order valence-electron chi connectivity index (χ3n) is 5.59. The van der Waals surface area contributed by atoms with Gasteiger partial charge in [-0.05, 0) is 32.1 Å². The number of amides is 4. The molecule has 0 bridgehead atoms. The van der Waals surface area contributed by atoms with E-state index in [0.29, 0.717) is 18.1 Å². The molecule has 8 heteroatoms. The SMILES string of the molecule is CCCCC(=O)NCCCCCCNC(=O)CCCCC1SCC2NC(=O)NC21. The molecule has 2 rings (SSSR count). The summed E-state index contributed by atoms with van der Waals surface area (Å²) < 4.78 is 0. The van der Waals surface area contributed by atoms with Crippen molar-refractivity contribution >= 4 is 29.6 Å². The average molecular weight is 427 g/mol. The molecule has 3 unspecified atom stereocenters. The van der Waals surface area contributed by atoms with Crippen molar-refractivity contribution in [3.8, 4) is 0 Å². The van der Waals surface area contributed by atoms with E-state index in [9.17, 15) is 14.4 Å². The molecule has 0 aromatic rings. The van der Waals surface area contributed by atoms with Crippen molar-refractivity contribution in [3.05, 3.63) is 0 Å². The van der Waals surface area contributed by atoms with Crippen molar-refractivity contribution in [3.63, 3.8) is 0 Å². The molecule has 0 radical (unpaired) electrons. The summed E-state index contributed by atoms with van der Waals surface area (Å²) in [5, 5.41) is 12.4. The molecule has 29 heavy (non-hydrogen) atoms. The van der Waals surface area contributed by atoms with Crippen molar-refractivity contribution in [2.24, 2.45) is 0 Å². The minimum atomic E-state index is -0.0404. The Kier molecular flexibility index (Phi) is 11.3. The maximum Gasteiger partial charge on any atom is 0.315 e. The molecular formula is C21H38N4O3S. The predicted molar refractivity (Wildman–Crippen MR) is 118 cm³/mol. The summed E-state index contributed by atoms with van der Waals surface area (Å²) in [5.41, 5.74) is 0. The Hall–Kier alpha value is -1.44. The van der Waals surface area contributed by atoms with Gasteiger partial charge in [0.2, 0.25) is 11.8 Å². The van der Waals surface area contributed by atoms with Gasteiger partial charge in [0.05, 0.1) is 12.1 Å². The van der Waals surface area contributed by atoms with Gasteiger partial charge < -0.3 is 21.3 Å². The molecule has 0 aromatic carbocycles.